The van der Waals surface area contributed by atoms with Crippen LogP contribution in [0.3, 0.4) is 0 Å². The molecule has 104 valence electrons. The average Bonchev–Trinajstić information content (AvgIpc) is 2.70. The van der Waals surface area contributed by atoms with E-state index in [1.807, 2.05) is 14.0 Å². The number of aromatic nitrogens is 2. The van der Waals surface area contributed by atoms with Gasteiger partial charge >= 0.3 is 0 Å². The van der Waals surface area contributed by atoms with Crippen molar-refractivity contribution >= 4 is 5.82 Å². The molecule has 1 aromatic heterocycles. The van der Waals surface area contributed by atoms with E-state index in [0.717, 1.165) is 11.5 Å². The highest BCUT2D eigenvalue weighted by Gasteiger charge is 2.12. The van der Waals surface area contributed by atoms with Crippen LogP contribution in [-0.2, 0) is 13.6 Å². The van der Waals surface area contributed by atoms with E-state index in [1.165, 1.54) is 11.1 Å². The lowest BCUT2D eigenvalue weighted by molar-refractivity contribution is 0.758. The standard InChI is InChI=1S/C16H20N4/c1-11(2)14-7-5-13(6-8-14)10-18-16-15(9-17)12(3)19-20(16)4/h5-8,11,18H,10H2,1-4H3. The Morgan fingerprint density at radius 3 is 2.50 bits per heavy atom. The van der Waals surface area contributed by atoms with Crippen LogP contribution in [-0.4, -0.2) is 9.78 Å². The van der Waals surface area contributed by atoms with Gasteiger partial charge in [0.25, 0.3) is 0 Å². The molecule has 0 fully saturated rings. The Labute approximate surface area is 120 Å². The molecule has 0 amide bonds. The number of anilines is 1. The zero-order valence-corrected chi connectivity index (χ0v) is 12.4. The van der Waals surface area contributed by atoms with Gasteiger partial charge in [-0.05, 0) is 24.0 Å². The van der Waals surface area contributed by atoms with E-state index in [0.29, 0.717) is 18.0 Å². The van der Waals surface area contributed by atoms with Crippen LogP contribution in [0.15, 0.2) is 24.3 Å². The van der Waals surface area contributed by atoms with Crippen LogP contribution in [0, 0.1) is 18.3 Å². The fraction of sp³-hybridized carbons (Fsp3) is 0.375. The highest BCUT2D eigenvalue weighted by Crippen LogP contribution is 2.19. The molecule has 0 aliphatic carbocycles. The molecule has 1 aromatic carbocycles. The lowest BCUT2D eigenvalue weighted by atomic mass is 10.0. The minimum atomic E-state index is 0.543. The first-order chi connectivity index (χ1) is 9.52. The summed E-state index contributed by atoms with van der Waals surface area (Å²) in [5.41, 5.74) is 3.90. The third-order valence-corrected chi connectivity index (χ3v) is 3.44. The highest BCUT2D eigenvalue weighted by molar-refractivity contribution is 5.55. The molecule has 0 saturated heterocycles. The number of nitrogens with zero attached hydrogens (tertiary/aromatic N) is 3. The zero-order valence-electron chi connectivity index (χ0n) is 12.4. The molecule has 4 nitrogen and oxygen atoms in total. The van der Waals surface area contributed by atoms with Gasteiger partial charge in [-0.2, -0.15) is 10.4 Å². The summed E-state index contributed by atoms with van der Waals surface area (Å²) in [5, 5.41) is 16.7. The maximum absolute atomic E-state index is 9.16. The molecule has 0 aliphatic heterocycles. The molecule has 0 spiro atoms. The predicted molar refractivity (Wildman–Crippen MR) is 80.5 cm³/mol. The first kappa shape index (κ1) is 14.1. The molecule has 2 aromatic rings. The van der Waals surface area contributed by atoms with Gasteiger partial charge in [-0.1, -0.05) is 38.1 Å². The van der Waals surface area contributed by atoms with Crippen molar-refractivity contribution in [2.45, 2.75) is 33.2 Å². The summed E-state index contributed by atoms with van der Waals surface area (Å²) >= 11 is 0. The van der Waals surface area contributed by atoms with Crippen molar-refractivity contribution < 1.29 is 0 Å². The smallest absolute Gasteiger partial charge is 0.142 e. The molecule has 4 heteroatoms. The molecule has 0 atom stereocenters. The molecule has 0 saturated carbocycles. The topological polar surface area (TPSA) is 53.6 Å². The first-order valence-electron chi connectivity index (χ1n) is 6.79. The monoisotopic (exact) mass is 268 g/mol. The van der Waals surface area contributed by atoms with E-state index in [9.17, 15) is 0 Å². The normalized spacial score (nSPS) is 10.6. The van der Waals surface area contributed by atoms with E-state index in [1.54, 1.807) is 4.68 Å². The Morgan fingerprint density at radius 1 is 1.30 bits per heavy atom. The minimum Gasteiger partial charge on any atom is -0.365 e. The first-order valence-corrected chi connectivity index (χ1v) is 6.79. The molecular formula is C16H20N4. The largest absolute Gasteiger partial charge is 0.365 e. The van der Waals surface area contributed by atoms with Gasteiger partial charge in [0, 0.05) is 13.6 Å². The Hall–Kier alpha value is -2.28. The second-order valence-electron chi connectivity index (χ2n) is 5.29. The summed E-state index contributed by atoms with van der Waals surface area (Å²) in [6.07, 6.45) is 0. The third kappa shape index (κ3) is 2.83. The molecule has 0 radical (unpaired) electrons. The Balaban J connectivity index is 2.11. The van der Waals surface area contributed by atoms with Crippen LogP contribution in [0.4, 0.5) is 5.82 Å². The molecule has 0 bridgehead atoms. The number of nitriles is 1. The molecule has 2 rings (SSSR count). The minimum absolute atomic E-state index is 0.543. The molecule has 1 heterocycles. The second-order valence-corrected chi connectivity index (χ2v) is 5.29. The maximum atomic E-state index is 9.16. The third-order valence-electron chi connectivity index (χ3n) is 3.44. The summed E-state index contributed by atoms with van der Waals surface area (Å²) < 4.78 is 1.72. The highest BCUT2D eigenvalue weighted by atomic mass is 15.3. The molecular weight excluding hydrogens is 248 g/mol. The van der Waals surface area contributed by atoms with Crippen LogP contribution >= 0.6 is 0 Å². The van der Waals surface area contributed by atoms with Gasteiger partial charge in [0.1, 0.15) is 17.5 Å². The van der Waals surface area contributed by atoms with Crippen LogP contribution < -0.4 is 5.32 Å². The van der Waals surface area contributed by atoms with E-state index in [4.69, 9.17) is 5.26 Å². The predicted octanol–water partition coefficient (Wildman–Crippen LogP) is 3.34. The summed E-state index contributed by atoms with van der Waals surface area (Å²) in [6.45, 7) is 6.91. The quantitative estimate of drug-likeness (QED) is 0.925. The van der Waals surface area contributed by atoms with Crippen molar-refractivity contribution in [3.63, 3.8) is 0 Å². The zero-order chi connectivity index (χ0) is 14.7. The van der Waals surface area contributed by atoms with Crippen molar-refractivity contribution in [1.29, 1.82) is 5.26 Å². The lowest BCUT2D eigenvalue weighted by Crippen LogP contribution is -2.06. The van der Waals surface area contributed by atoms with Crippen LogP contribution in [0.5, 0.6) is 0 Å². The Kier molecular flexibility index (Phi) is 4.09. The van der Waals surface area contributed by atoms with Gasteiger partial charge in [0.05, 0.1) is 5.69 Å². The van der Waals surface area contributed by atoms with Crippen LogP contribution in [0.2, 0.25) is 0 Å². The molecule has 20 heavy (non-hydrogen) atoms. The van der Waals surface area contributed by atoms with Gasteiger partial charge in [0.2, 0.25) is 0 Å². The Bertz CT molecular complexity index is 630. The maximum Gasteiger partial charge on any atom is 0.142 e. The fourth-order valence-corrected chi connectivity index (χ4v) is 2.20. The van der Waals surface area contributed by atoms with E-state index in [-0.39, 0.29) is 0 Å². The summed E-state index contributed by atoms with van der Waals surface area (Å²) in [6, 6.07) is 10.8. The van der Waals surface area contributed by atoms with Gasteiger partial charge in [-0.25, -0.2) is 0 Å². The second kappa shape index (κ2) is 5.79. The van der Waals surface area contributed by atoms with E-state index >= 15 is 0 Å². The number of hydrogen-bond donors (Lipinski definition) is 1. The van der Waals surface area contributed by atoms with Crippen LogP contribution in [0.25, 0.3) is 0 Å². The Morgan fingerprint density at radius 2 is 1.95 bits per heavy atom. The van der Waals surface area contributed by atoms with Gasteiger partial charge in [-0.15, -0.1) is 0 Å². The number of rotatable bonds is 4. The number of nitrogens with one attached hydrogen (secondary N) is 1. The summed E-state index contributed by atoms with van der Waals surface area (Å²) in [4.78, 5) is 0. The SMILES string of the molecule is Cc1nn(C)c(NCc2ccc(C(C)C)cc2)c1C#N. The summed E-state index contributed by atoms with van der Waals surface area (Å²) in [7, 11) is 1.85. The van der Waals surface area contributed by atoms with Crippen molar-refractivity contribution in [3.8, 4) is 6.07 Å². The van der Waals surface area contributed by atoms with Crippen molar-refractivity contribution in [3.05, 3.63) is 46.6 Å². The van der Waals surface area contributed by atoms with Crippen molar-refractivity contribution in [2.75, 3.05) is 5.32 Å². The number of hydrogen-bond acceptors (Lipinski definition) is 3. The van der Waals surface area contributed by atoms with Crippen molar-refractivity contribution in [1.82, 2.24) is 9.78 Å². The number of benzene rings is 1. The van der Waals surface area contributed by atoms with E-state index in [2.05, 4.69) is 54.6 Å². The lowest BCUT2D eigenvalue weighted by Gasteiger charge is -2.09. The van der Waals surface area contributed by atoms with Crippen LogP contribution in [0.1, 0.15) is 42.1 Å². The van der Waals surface area contributed by atoms with E-state index < -0.39 is 0 Å². The summed E-state index contributed by atoms with van der Waals surface area (Å²) in [5.74, 6) is 1.32. The van der Waals surface area contributed by atoms with Gasteiger partial charge in [-0.3, -0.25) is 4.68 Å². The van der Waals surface area contributed by atoms with Crippen molar-refractivity contribution in [2.24, 2.45) is 7.05 Å². The van der Waals surface area contributed by atoms with Gasteiger partial charge < -0.3 is 5.32 Å². The van der Waals surface area contributed by atoms with Gasteiger partial charge in [0.15, 0.2) is 0 Å². The molecule has 0 unspecified atom stereocenters. The molecule has 0 aliphatic rings. The fourth-order valence-electron chi connectivity index (χ4n) is 2.20. The average molecular weight is 268 g/mol. The number of aryl methyl sites for hydroxylation is 2. The molecule has 1 N–H and O–H groups in total.